The zero-order valence-electron chi connectivity index (χ0n) is 27.4. The molecule has 1 fully saturated rings. The summed E-state index contributed by atoms with van der Waals surface area (Å²) in [5.74, 6) is -0.993. The van der Waals surface area contributed by atoms with Gasteiger partial charge in [0.05, 0.1) is 24.8 Å². The summed E-state index contributed by atoms with van der Waals surface area (Å²) >= 11 is 3.50. The normalized spacial score (nSPS) is 13.8. The number of methoxy groups -OCH3 is 2. The molecule has 0 heterocycles. The Kier molecular flexibility index (Phi) is 11.9. The molecule has 1 aliphatic rings. The summed E-state index contributed by atoms with van der Waals surface area (Å²) in [7, 11) is -1.61. The lowest BCUT2D eigenvalue weighted by molar-refractivity contribution is -0.140. The van der Waals surface area contributed by atoms with Crippen LogP contribution in [0.1, 0.15) is 36.8 Å². The summed E-state index contributed by atoms with van der Waals surface area (Å²) in [5.41, 5.74) is 1.65. The van der Waals surface area contributed by atoms with E-state index in [-0.39, 0.29) is 41.2 Å². The Morgan fingerprint density at radius 2 is 1.55 bits per heavy atom. The van der Waals surface area contributed by atoms with Crippen molar-refractivity contribution in [2.24, 2.45) is 0 Å². The number of anilines is 1. The predicted octanol–water partition coefficient (Wildman–Crippen LogP) is 6.50. The summed E-state index contributed by atoms with van der Waals surface area (Å²) in [6, 6.07) is 24.8. The molecule has 4 aromatic rings. The van der Waals surface area contributed by atoms with Gasteiger partial charge in [-0.25, -0.2) is 12.8 Å². The van der Waals surface area contributed by atoms with E-state index in [0.29, 0.717) is 5.75 Å². The van der Waals surface area contributed by atoms with Gasteiger partial charge < -0.3 is 19.7 Å². The molecule has 1 saturated carbocycles. The molecule has 2 amide bonds. The molecule has 0 aliphatic heterocycles. The van der Waals surface area contributed by atoms with E-state index in [1.165, 1.54) is 49.5 Å². The fourth-order valence-corrected chi connectivity index (χ4v) is 7.87. The molecule has 0 spiro atoms. The second-order valence-corrected chi connectivity index (χ2v) is 14.6. The van der Waals surface area contributed by atoms with Crippen LogP contribution in [0.5, 0.6) is 11.5 Å². The van der Waals surface area contributed by atoms with E-state index in [1.807, 2.05) is 54.6 Å². The van der Waals surface area contributed by atoms with E-state index in [9.17, 15) is 22.4 Å². The summed E-state index contributed by atoms with van der Waals surface area (Å²) in [6.45, 7) is -0.639. The highest BCUT2D eigenvalue weighted by Crippen LogP contribution is 2.33. The maximum atomic E-state index is 14.7. The Balaban J connectivity index is 1.58. The maximum absolute atomic E-state index is 14.7. The Morgan fingerprint density at radius 3 is 2.20 bits per heavy atom. The number of hydrogen-bond acceptors (Lipinski definition) is 6. The highest BCUT2D eigenvalue weighted by atomic mass is 79.9. The molecule has 258 valence electrons. The van der Waals surface area contributed by atoms with Crippen LogP contribution in [-0.2, 0) is 32.6 Å². The average Bonchev–Trinajstić information content (AvgIpc) is 3.62. The molecule has 12 heteroatoms. The molecule has 1 aliphatic carbocycles. The minimum atomic E-state index is -4.44. The number of rotatable bonds is 14. The Morgan fingerprint density at radius 1 is 0.878 bits per heavy atom. The Labute approximate surface area is 295 Å². The molecule has 0 aromatic heterocycles. The predicted molar refractivity (Wildman–Crippen MR) is 190 cm³/mol. The van der Waals surface area contributed by atoms with E-state index in [2.05, 4.69) is 21.2 Å². The quantitative estimate of drug-likeness (QED) is 0.158. The van der Waals surface area contributed by atoms with E-state index < -0.39 is 34.3 Å². The first-order valence-electron chi connectivity index (χ1n) is 16.0. The van der Waals surface area contributed by atoms with Gasteiger partial charge in [-0.05, 0) is 72.5 Å². The van der Waals surface area contributed by atoms with E-state index in [0.717, 1.165) is 57.7 Å². The first kappa shape index (κ1) is 35.9. The second kappa shape index (κ2) is 16.3. The lowest BCUT2D eigenvalue weighted by Crippen LogP contribution is -2.54. The van der Waals surface area contributed by atoms with Gasteiger partial charge in [-0.15, -0.1) is 0 Å². The number of ether oxygens (including phenoxy) is 2. The van der Waals surface area contributed by atoms with Gasteiger partial charge in [-0.2, -0.15) is 0 Å². The largest absolute Gasteiger partial charge is 0.493 e. The van der Waals surface area contributed by atoms with Crippen molar-refractivity contribution in [2.75, 3.05) is 25.1 Å². The van der Waals surface area contributed by atoms with Crippen LogP contribution in [0.25, 0.3) is 0 Å². The van der Waals surface area contributed by atoms with Crippen molar-refractivity contribution >= 4 is 43.5 Å². The van der Waals surface area contributed by atoms with Crippen LogP contribution < -0.4 is 19.1 Å². The van der Waals surface area contributed by atoms with Crippen molar-refractivity contribution in [2.45, 2.75) is 55.6 Å². The third-order valence-corrected chi connectivity index (χ3v) is 10.8. The van der Waals surface area contributed by atoms with E-state index in [4.69, 9.17) is 9.47 Å². The highest BCUT2D eigenvalue weighted by molar-refractivity contribution is 9.10. The Hall–Kier alpha value is -4.42. The summed E-state index contributed by atoms with van der Waals surface area (Å²) in [6.07, 6.45) is 3.93. The lowest BCUT2D eigenvalue weighted by atomic mass is 10.0. The first-order chi connectivity index (χ1) is 23.6. The monoisotopic (exact) mass is 751 g/mol. The minimum absolute atomic E-state index is 0.00487. The number of amides is 2. The first-order valence-corrected chi connectivity index (χ1v) is 18.2. The molecule has 0 bridgehead atoms. The van der Waals surface area contributed by atoms with Gasteiger partial charge in [-0.1, -0.05) is 71.2 Å². The zero-order valence-corrected chi connectivity index (χ0v) is 29.8. The van der Waals surface area contributed by atoms with Crippen molar-refractivity contribution in [3.63, 3.8) is 0 Å². The summed E-state index contributed by atoms with van der Waals surface area (Å²) in [5, 5.41) is 3.16. The van der Waals surface area contributed by atoms with Crippen LogP contribution >= 0.6 is 15.9 Å². The molecule has 0 radical (unpaired) electrons. The smallest absolute Gasteiger partial charge is 0.264 e. The van der Waals surface area contributed by atoms with Crippen molar-refractivity contribution < 1.29 is 31.9 Å². The average molecular weight is 753 g/mol. The lowest BCUT2D eigenvalue weighted by Gasteiger charge is -2.34. The van der Waals surface area contributed by atoms with Crippen LogP contribution in [-0.4, -0.2) is 58.0 Å². The molecular formula is C37H39BrFN3O6S. The third kappa shape index (κ3) is 8.98. The van der Waals surface area contributed by atoms with E-state index in [1.54, 1.807) is 0 Å². The van der Waals surface area contributed by atoms with Crippen molar-refractivity contribution in [3.8, 4) is 11.5 Å². The number of nitrogens with zero attached hydrogens (tertiary/aromatic N) is 2. The number of hydrogen-bond donors (Lipinski definition) is 1. The van der Waals surface area contributed by atoms with Crippen LogP contribution in [0.3, 0.4) is 0 Å². The van der Waals surface area contributed by atoms with Crippen LogP contribution in [0.2, 0.25) is 0 Å². The van der Waals surface area contributed by atoms with Gasteiger partial charge in [-0.3, -0.25) is 13.9 Å². The zero-order chi connectivity index (χ0) is 35.0. The number of nitrogens with one attached hydrogen (secondary N) is 1. The highest BCUT2D eigenvalue weighted by Gasteiger charge is 2.36. The van der Waals surface area contributed by atoms with Crippen LogP contribution in [0, 0.1) is 5.82 Å². The molecule has 5 rings (SSSR count). The van der Waals surface area contributed by atoms with Crippen molar-refractivity contribution in [1.82, 2.24) is 10.2 Å². The summed E-state index contributed by atoms with van der Waals surface area (Å²) in [4.78, 5) is 30.1. The standard InChI is InChI=1S/C37H39BrFN3O6S/c1-47-34-20-19-32(23-35(34)48-2)49(45,46)42(31-17-15-29(39)16-18-31)25-36(43)41(24-27-11-8-12-28(38)21-27)33(22-26-9-4-3-5-10-26)37(44)40-30-13-6-7-14-30/h3-5,8-12,15-21,23,30,33H,6-7,13-14,22,24-25H2,1-2H3,(H,40,44). The number of benzene rings is 4. The fourth-order valence-electron chi connectivity index (χ4n) is 5.99. The third-order valence-electron chi connectivity index (χ3n) is 8.55. The van der Waals surface area contributed by atoms with E-state index >= 15 is 0 Å². The molecular weight excluding hydrogens is 713 g/mol. The molecule has 1 N–H and O–H groups in total. The maximum Gasteiger partial charge on any atom is 0.264 e. The molecule has 49 heavy (non-hydrogen) atoms. The van der Waals surface area contributed by atoms with Crippen LogP contribution in [0.15, 0.2) is 106 Å². The van der Waals surface area contributed by atoms with Gasteiger partial charge in [0, 0.05) is 29.5 Å². The van der Waals surface area contributed by atoms with Crippen molar-refractivity contribution in [1.29, 1.82) is 0 Å². The van der Waals surface area contributed by atoms with Crippen molar-refractivity contribution in [3.05, 3.63) is 118 Å². The number of carbonyl (C=O) groups excluding carboxylic acids is 2. The van der Waals surface area contributed by atoms with Gasteiger partial charge in [0.15, 0.2) is 11.5 Å². The minimum Gasteiger partial charge on any atom is -0.493 e. The number of sulfonamides is 1. The molecule has 1 unspecified atom stereocenters. The second-order valence-electron chi connectivity index (χ2n) is 11.9. The fraction of sp³-hybridized carbons (Fsp3) is 0.297. The molecule has 9 nitrogen and oxygen atoms in total. The number of carbonyl (C=O) groups is 2. The Bertz CT molecular complexity index is 1850. The number of halogens is 2. The molecule has 4 aromatic carbocycles. The van der Waals surface area contributed by atoms with Gasteiger partial charge in [0.2, 0.25) is 11.8 Å². The summed E-state index contributed by atoms with van der Waals surface area (Å²) < 4.78 is 55.1. The molecule has 0 saturated heterocycles. The topological polar surface area (TPSA) is 105 Å². The van der Waals surface area contributed by atoms with Gasteiger partial charge >= 0.3 is 0 Å². The SMILES string of the molecule is COc1ccc(S(=O)(=O)N(CC(=O)N(Cc2cccc(Br)c2)C(Cc2ccccc2)C(=O)NC2CCCC2)c2ccc(F)cc2)cc1OC. The van der Waals surface area contributed by atoms with Gasteiger partial charge in [0.1, 0.15) is 18.4 Å². The van der Waals surface area contributed by atoms with Crippen LogP contribution in [0.4, 0.5) is 10.1 Å². The van der Waals surface area contributed by atoms with Gasteiger partial charge in [0.25, 0.3) is 10.0 Å². The molecule has 1 atom stereocenters.